The topological polar surface area (TPSA) is 3.24 Å². The number of thiophene rings is 2. The number of aryl methyl sites for hydroxylation is 1. The van der Waals surface area contributed by atoms with E-state index >= 15 is 0 Å². The number of hydrogen-bond donors (Lipinski definition) is 0. The van der Waals surface area contributed by atoms with Crippen molar-refractivity contribution in [3.8, 4) is 22.3 Å². The quantitative estimate of drug-likeness (QED) is 0.132. The lowest BCUT2D eigenvalue weighted by molar-refractivity contribution is 0.720. The molecule has 0 saturated carbocycles. The molecular formula is C77H53NS2. The van der Waals surface area contributed by atoms with Gasteiger partial charge in [-0.3, -0.25) is 0 Å². The summed E-state index contributed by atoms with van der Waals surface area (Å²) in [4.78, 5) is 2.44. The number of rotatable bonds is 10. The minimum absolute atomic E-state index is 0.261. The summed E-state index contributed by atoms with van der Waals surface area (Å²) in [5.41, 5.74) is 12.3. The molecule has 13 aromatic carbocycles. The first-order valence-electron chi connectivity index (χ1n) is 27.7. The van der Waals surface area contributed by atoms with Crippen LogP contribution in [0.4, 0.5) is 17.1 Å². The monoisotopic (exact) mass is 1060 g/mol. The molecule has 378 valence electrons. The second-order valence-electron chi connectivity index (χ2n) is 21.0. The van der Waals surface area contributed by atoms with Crippen LogP contribution in [-0.2, 0) is 6.42 Å². The fraction of sp³-hybridized carbons (Fsp3) is 0.0390. The van der Waals surface area contributed by atoms with Gasteiger partial charge < -0.3 is 4.90 Å². The summed E-state index contributed by atoms with van der Waals surface area (Å²) >= 11 is 3.81. The highest BCUT2D eigenvalue weighted by molar-refractivity contribution is 7.26. The average Bonchev–Trinajstić information content (AvgIpc) is 4.29. The first kappa shape index (κ1) is 47.8. The van der Waals surface area contributed by atoms with Gasteiger partial charge in [-0.2, -0.15) is 0 Å². The van der Waals surface area contributed by atoms with Gasteiger partial charge in [-0.05, 0) is 162 Å². The van der Waals surface area contributed by atoms with Gasteiger partial charge in [-0.15, -0.1) is 22.7 Å². The van der Waals surface area contributed by atoms with Crippen molar-refractivity contribution in [3.05, 3.63) is 308 Å². The third-order valence-corrected chi connectivity index (χ3v) is 18.7. The Kier molecular flexibility index (Phi) is 12.2. The van der Waals surface area contributed by atoms with Gasteiger partial charge >= 0.3 is 0 Å². The van der Waals surface area contributed by atoms with Crippen LogP contribution in [0, 0.1) is 0 Å². The van der Waals surface area contributed by atoms with Crippen LogP contribution in [0.3, 0.4) is 0 Å². The number of anilines is 3. The maximum absolute atomic E-state index is 2.48. The molecule has 0 saturated heterocycles. The summed E-state index contributed by atoms with van der Waals surface area (Å²) in [6.45, 7) is 0. The highest BCUT2D eigenvalue weighted by Crippen LogP contribution is 2.47. The standard InChI is InChI=1S/C77H53NS2/c1-5-21-51(22-6-1)39-43-59(52-23-7-2-8-24-52)68-36-20-38-75-76(68)72-48-54(40-45-74(72)79-75)61-35-19-37-69-71-50-58(42-46-73(71)80-77(61)69)78(56-27-11-4-12-28-56)57-41-44-60-55(47-57)49-70(53-25-9-3-10-26-53)67-34-18-17-33-66(67)65-32-16-15-31-64(65)63-30-14-13-29-62(60)63/h1-38,40-42,44-50,59H,39,43H2. The molecule has 0 fully saturated rings. The second-order valence-corrected chi connectivity index (χ2v) is 23.1. The van der Waals surface area contributed by atoms with Crippen molar-refractivity contribution >= 4 is 123 Å². The molecule has 1 nitrogen and oxygen atoms in total. The van der Waals surface area contributed by atoms with Crippen LogP contribution in [0.25, 0.3) is 106 Å². The van der Waals surface area contributed by atoms with Gasteiger partial charge in [-0.1, -0.05) is 224 Å². The molecule has 0 spiro atoms. The maximum atomic E-state index is 2.48. The van der Waals surface area contributed by atoms with Crippen molar-refractivity contribution in [2.75, 3.05) is 4.90 Å². The molecule has 0 N–H and O–H groups in total. The highest BCUT2D eigenvalue weighted by atomic mass is 32.1. The smallest absolute Gasteiger partial charge is 0.0468 e. The Morgan fingerprint density at radius 2 is 0.875 bits per heavy atom. The van der Waals surface area contributed by atoms with Gasteiger partial charge in [0.1, 0.15) is 0 Å². The normalized spacial score (nSPS) is 12.1. The molecule has 3 heteroatoms. The molecule has 0 aliphatic heterocycles. The number of hydrogen-bond acceptors (Lipinski definition) is 3. The lowest BCUT2D eigenvalue weighted by Gasteiger charge is -2.26. The Morgan fingerprint density at radius 3 is 1.60 bits per heavy atom. The molecule has 0 aliphatic rings. The molecule has 2 aromatic heterocycles. The molecule has 0 amide bonds. The molecule has 2 heterocycles. The van der Waals surface area contributed by atoms with E-state index in [2.05, 4.69) is 296 Å². The third kappa shape index (κ3) is 8.55. The van der Waals surface area contributed by atoms with Crippen molar-refractivity contribution in [3.63, 3.8) is 0 Å². The summed E-state index contributed by atoms with van der Waals surface area (Å²) in [7, 11) is 0. The minimum atomic E-state index is 0.261. The van der Waals surface area contributed by atoms with E-state index in [9.17, 15) is 0 Å². The summed E-state index contributed by atoms with van der Waals surface area (Å²) in [5, 5.41) is 14.9. The zero-order valence-electron chi connectivity index (χ0n) is 44.0. The van der Waals surface area contributed by atoms with Crippen molar-refractivity contribution in [2.45, 2.75) is 18.8 Å². The van der Waals surface area contributed by atoms with E-state index in [-0.39, 0.29) is 5.92 Å². The van der Waals surface area contributed by atoms with E-state index in [1.165, 1.54) is 117 Å². The van der Waals surface area contributed by atoms with Crippen LogP contribution >= 0.6 is 22.7 Å². The maximum Gasteiger partial charge on any atom is 0.0468 e. The Hall–Kier alpha value is -9.38. The lowest BCUT2D eigenvalue weighted by atomic mass is 9.84. The SMILES string of the molecule is c1ccc(CCC(c2ccccc2)c2cccc3sc4ccc(-c5cccc6c5sc5ccc(N(c7ccccc7)c7ccc8c(c7)cc(-c7ccccc7)c7ccccc7c7ccccc7c7ccccc87)cc56)cc4c23)cc1. The zero-order chi connectivity index (χ0) is 52.9. The van der Waals surface area contributed by atoms with Crippen LogP contribution < -0.4 is 4.90 Å². The summed E-state index contributed by atoms with van der Waals surface area (Å²) in [6, 6.07) is 108. The summed E-state index contributed by atoms with van der Waals surface area (Å²) in [5.74, 6) is 0.261. The van der Waals surface area contributed by atoms with Crippen molar-refractivity contribution in [2.24, 2.45) is 0 Å². The Balaban J connectivity index is 0.894. The average molecular weight is 1060 g/mol. The predicted octanol–water partition coefficient (Wildman–Crippen LogP) is 22.7. The minimum Gasteiger partial charge on any atom is -0.310 e. The van der Waals surface area contributed by atoms with Crippen molar-refractivity contribution < 1.29 is 0 Å². The second kappa shape index (κ2) is 20.4. The summed E-state index contributed by atoms with van der Waals surface area (Å²) in [6.07, 6.45) is 2.05. The number of benzene rings is 12. The van der Waals surface area contributed by atoms with Crippen molar-refractivity contribution in [1.82, 2.24) is 0 Å². The summed E-state index contributed by atoms with van der Waals surface area (Å²) < 4.78 is 5.25. The van der Waals surface area contributed by atoms with E-state index in [0.29, 0.717) is 0 Å². The largest absolute Gasteiger partial charge is 0.310 e. The van der Waals surface area contributed by atoms with Crippen LogP contribution in [0.15, 0.2) is 291 Å². The molecule has 15 rings (SSSR count). The molecule has 1 unspecified atom stereocenters. The highest BCUT2D eigenvalue weighted by Gasteiger charge is 2.22. The number of fused-ring (bicyclic) bond motifs is 13. The lowest BCUT2D eigenvalue weighted by Crippen LogP contribution is -2.09. The third-order valence-electron chi connectivity index (χ3n) is 16.4. The van der Waals surface area contributed by atoms with Gasteiger partial charge in [0.2, 0.25) is 0 Å². The van der Waals surface area contributed by atoms with Crippen LogP contribution in [0.1, 0.15) is 29.0 Å². The van der Waals surface area contributed by atoms with E-state index in [1.807, 2.05) is 22.7 Å². The van der Waals surface area contributed by atoms with Crippen LogP contribution in [0.2, 0.25) is 0 Å². The van der Waals surface area contributed by atoms with Gasteiger partial charge in [0, 0.05) is 63.3 Å². The first-order valence-corrected chi connectivity index (χ1v) is 29.4. The van der Waals surface area contributed by atoms with Gasteiger partial charge in [0.05, 0.1) is 0 Å². The van der Waals surface area contributed by atoms with Gasteiger partial charge in [0.25, 0.3) is 0 Å². The molecule has 1 atom stereocenters. The Bertz CT molecular complexity index is 4890. The molecule has 0 aliphatic carbocycles. The van der Waals surface area contributed by atoms with E-state index in [1.54, 1.807) is 0 Å². The van der Waals surface area contributed by atoms with Gasteiger partial charge in [-0.25, -0.2) is 0 Å². The Labute approximate surface area is 473 Å². The molecule has 0 radical (unpaired) electrons. The van der Waals surface area contributed by atoms with Crippen LogP contribution in [-0.4, -0.2) is 0 Å². The molecular weight excluding hydrogens is 1000 g/mol. The molecule has 0 bridgehead atoms. The van der Waals surface area contributed by atoms with Gasteiger partial charge in [0.15, 0.2) is 0 Å². The van der Waals surface area contributed by atoms with Crippen LogP contribution in [0.5, 0.6) is 0 Å². The predicted molar refractivity (Wildman–Crippen MR) is 348 cm³/mol. The number of nitrogens with zero attached hydrogens (tertiary/aromatic N) is 1. The van der Waals surface area contributed by atoms with E-state index in [4.69, 9.17) is 0 Å². The fourth-order valence-electron chi connectivity index (χ4n) is 12.6. The molecule has 80 heavy (non-hydrogen) atoms. The van der Waals surface area contributed by atoms with E-state index < -0.39 is 0 Å². The van der Waals surface area contributed by atoms with Crippen molar-refractivity contribution in [1.29, 1.82) is 0 Å². The number of para-hydroxylation sites is 1. The molecule has 15 aromatic rings. The first-order chi connectivity index (χ1) is 39.7. The van der Waals surface area contributed by atoms with E-state index in [0.717, 1.165) is 35.3 Å². The zero-order valence-corrected chi connectivity index (χ0v) is 45.6. The fourth-order valence-corrected chi connectivity index (χ4v) is 15.0. The Morgan fingerprint density at radius 1 is 0.312 bits per heavy atom.